The van der Waals surface area contributed by atoms with E-state index in [1.807, 2.05) is 0 Å². The third-order valence-electron chi connectivity index (χ3n) is 11.7. The molecule has 1 spiro atoms. The molecule has 3 aliphatic rings. The van der Waals surface area contributed by atoms with Gasteiger partial charge in [0.15, 0.2) is 0 Å². The molecule has 0 radical (unpaired) electrons. The summed E-state index contributed by atoms with van der Waals surface area (Å²) in [6.07, 6.45) is 0. The smallest absolute Gasteiger partial charge is 0.140 e. The Hall–Kier alpha value is -5.92. The molecule has 0 saturated carbocycles. The van der Waals surface area contributed by atoms with Crippen LogP contribution < -0.4 is 4.74 Å². The molecule has 8 aromatic rings. The van der Waals surface area contributed by atoms with Crippen LogP contribution in [-0.4, -0.2) is 0 Å². The first kappa shape index (κ1) is 27.1. The molecule has 230 valence electrons. The zero-order valence-electron chi connectivity index (χ0n) is 27.4. The Kier molecular flexibility index (Phi) is 5.17. The second kappa shape index (κ2) is 9.36. The topological polar surface area (TPSA) is 9.23 Å². The highest BCUT2D eigenvalue weighted by atomic mass is 16.5. The van der Waals surface area contributed by atoms with E-state index >= 15 is 0 Å². The third-order valence-corrected chi connectivity index (χ3v) is 11.7. The van der Waals surface area contributed by atoms with Crippen molar-refractivity contribution in [1.82, 2.24) is 0 Å². The summed E-state index contributed by atoms with van der Waals surface area (Å²) in [7, 11) is 0. The van der Waals surface area contributed by atoms with Crippen molar-refractivity contribution in [2.75, 3.05) is 0 Å². The van der Waals surface area contributed by atoms with Gasteiger partial charge in [0.25, 0.3) is 0 Å². The predicted molar refractivity (Wildman–Crippen MR) is 202 cm³/mol. The lowest BCUT2D eigenvalue weighted by Crippen LogP contribution is -2.32. The van der Waals surface area contributed by atoms with Crippen LogP contribution in [0.5, 0.6) is 11.5 Å². The van der Waals surface area contributed by atoms with Crippen LogP contribution in [0.25, 0.3) is 54.9 Å². The van der Waals surface area contributed by atoms with Crippen LogP contribution in [0.2, 0.25) is 0 Å². The molecular formula is C48H32O. The van der Waals surface area contributed by atoms with E-state index in [0.29, 0.717) is 0 Å². The molecule has 1 aliphatic heterocycles. The van der Waals surface area contributed by atoms with Crippen LogP contribution in [0.1, 0.15) is 47.2 Å². The van der Waals surface area contributed by atoms with Gasteiger partial charge in [0, 0.05) is 21.9 Å². The fourth-order valence-corrected chi connectivity index (χ4v) is 9.59. The number of rotatable bonds is 1. The quantitative estimate of drug-likeness (QED) is 0.177. The third kappa shape index (κ3) is 3.35. The molecule has 1 heterocycles. The highest BCUT2D eigenvalue weighted by Gasteiger charge is 2.51. The van der Waals surface area contributed by atoms with Gasteiger partial charge in [-0.3, -0.25) is 0 Å². The minimum Gasteiger partial charge on any atom is -0.456 e. The molecule has 0 N–H and O–H groups in total. The van der Waals surface area contributed by atoms with Crippen molar-refractivity contribution >= 4 is 21.5 Å². The van der Waals surface area contributed by atoms with Gasteiger partial charge in [-0.15, -0.1) is 0 Å². The van der Waals surface area contributed by atoms with Crippen LogP contribution in [0, 0.1) is 0 Å². The van der Waals surface area contributed by atoms with E-state index in [2.05, 4.69) is 172 Å². The van der Waals surface area contributed by atoms with Crippen molar-refractivity contribution in [2.45, 2.75) is 24.7 Å². The zero-order valence-corrected chi connectivity index (χ0v) is 27.4. The van der Waals surface area contributed by atoms with Crippen molar-refractivity contribution in [1.29, 1.82) is 0 Å². The Bertz CT molecular complexity index is 2680. The number of hydrogen-bond donors (Lipinski definition) is 0. The largest absolute Gasteiger partial charge is 0.456 e. The number of ether oxygens (including phenoxy) is 1. The van der Waals surface area contributed by atoms with Gasteiger partial charge in [-0.05, 0) is 90.0 Å². The molecule has 0 saturated heterocycles. The van der Waals surface area contributed by atoms with Crippen LogP contribution in [0.15, 0.2) is 158 Å². The number of benzene rings is 8. The van der Waals surface area contributed by atoms with E-state index < -0.39 is 5.41 Å². The van der Waals surface area contributed by atoms with Gasteiger partial charge in [0.2, 0.25) is 0 Å². The lowest BCUT2D eigenvalue weighted by Gasteiger charge is -2.40. The summed E-state index contributed by atoms with van der Waals surface area (Å²) in [5.41, 5.74) is 14.9. The summed E-state index contributed by atoms with van der Waals surface area (Å²) >= 11 is 0. The minimum atomic E-state index is -0.513. The predicted octanol–water partition coefficient (Wildman–Crippen LogP) is 12.4. The van der Waals surface area contributed by atoms with Crippen molar-refractivity contribution in [2.24, 2.45) is 0 Å². The van der Waals surface area contributed by atoms with E-state index in [4.69, 9.17) is 4.74 Å². The summed E-state index contributed by atoms with van der Waals surface area (Å²) < 4.78 is 6.99. The Balaban J connectivity index is 1.16. The highest BCUT2D eigenvalue weighted by molar-refractivity contribution is 5.99. The first-order valence-corrected chi connectivity index (χ1v) is 17.3. The van der Waals surface area contributed by atoms with Gasteiger partial charge < -0.3 is 4.74 Å². The zero-order chi connectivity index (χ0) is 32.5. The molecule has 2 aliphatic carbocycles. The summed E-state index contributed by atoms with van der Waals surface area (Å²) in [5.74, 6) is 1.87. The molecule has 1 heteroatoms. The summed E-state index contributed by atoms with van der Waals surface area (Å²) in [4.78, 5) is 0. The molecule has 0 bridgehead atoms. The molecule has 8 aromatic carbocycles. The van der Waals surface area contributed by atoms with Crippen LogP contribution in [0.4, 0.5) is 0 Å². The van der Waals surface area contributed by atoms with Gasteiger partial charge in [-0.2, -0.15) is 0 Å². The molecule has 49 heavy (non-hydrogen) atoms. The van der Waals surface area contributed by atoms with Gasteiger partial charge in [-0.1, -0.05) is 153 Å². The second-order valence-electron chi connectivity index (χ2n) is 14.4. The molecule has 0 amide bonds. The minimum absolute atomic E-state index is 0.122. The summed E-state index contributed by atoms with van der Waals surface area (Å²) in [5, 5.41) is 4.97. The Labute approximate surface area is 286 Å². The molecule has 0 fully saturated rings. The molecule has 1 nitrogen and oxygen atoms in total. The molecule has 0 atom stereocenters. The summed E-state index contributed by atoms with van der Waals surface area (Å²) in [6, 6.07) is 58.5. The van der Waals surface area contributed by atoms with Gasteiger partial charge in [0.1, 0.15) is 11.5 Å². The van der Waals surface area contributed by atoms with Crippen molar-refractivity contribution in [3.8, 4) is 44.9 Å². The number of fused-ring (bicyclic) bond motifs is 16. The fourth-order valence-electron chi connectivity index (χ4n) is 9.59. The van der Waals surface area contributed by atoms with Crippen LogP contribution >= 0.6 is 0 Å². The molecule has 0 unspecified atom stereocenters. The lowest BCUT2D eigenvalue weighted by atomic mass is 9.65. The average molecular weight is 625 g/mol. The Morgan fingerprint density at radius 3 is 1.71 bits per heavy atom. The normalized spacial score (nSPS) is 15.2. The number of hydrogen-bond acceptors (Lipinski definition) is 1. The maximum atomic E-state index is 6.99. The second-order valence-corrected chi connectivity index (χ2v) is 14.4. The maximum absolute atomic E-state index is 6.99. The Morgan fingerprint density at radius 2 is 0.959 bits per heavy atom. The molecule has 11 rings (SSSR count). The van der Waals surface area contributed by atoms with E-state index in [1.165, 1.54) is 82.9 Å². The van der Waals surface area contributed by atoms with Crippen molar-refractivity contribution < 1.29 is 4.74 Å². The lowest BCUT2D eigenvalue weighted by molar-refractivity contribution is 0.442. The fraction of sp³-hybridized carbons (Fsp3) is 0.0833. The van der Waals surface area contributed by atoms with Crippen molar-refractivity contribution in [3.63, 3.8) is 0 Å². The van der Waals surface area contributed by atoms with Gasteiger partial charge in [0.05, 0.1) is 5.41 Å². The van der Waals surface area contributed by atoms with Crippen LogP contribution in [0.3, 0.4) is 0 Å². The highest BCUT2D eigenvalue weighted by Crippen LogP contribution is 2.63. The van der Waals surface area contributed by atoms with Gasteiger partial charge >= 0.3 is 0 Å². The SMILES string of the molecule is CC1(C)c2cc(-c3ccc4c(c3)C3(c5ccccc5-c5ccccc53)c3ccc5ccccc5c3O4)ccc2-c2ccc3ccccc3c21. The van der Waals surface area contributed by atoms with E-state index in [9.17, 15) is 0 Å². The Morgan fingerprint density at radius 1 is 0.408 bits per heavy atom. The van der Waals surface area contributed by atoms with E-state index in [0.717, 1.165) is 16.9 Å². The maximum Gasteiger partial charge on any atom is 0.140 e. The van der Waals surface area contributed by atoms with E-state index in [1.54, 1.807) is 0 Å². The van der Waals surface area contributed by atoms with E-state index in [-0.39, 0.29) is 5.41 Å². The van der Waals surface area contributed by atoms with Gasteiger partial charge in [-0.25, -0.2) is 0 Å². The monoisotopic (exact) mass is 624 g/mol. The first-order chi connectivity index (χ1) is 24.0. The molecular weight excluding hydrogens is 593 g/mol. The first-order valence-electron chi connectivity index (χ1n) is 17.3. The molecule has 0 aromatic heterocycles. The summed E-state index contributed by atoms with van der Waals surface area (Å²) in [6.45, 7) is 4.77. The standard InChI is InChI=1S/C48H32O/c1-47(2)42-27-31(20-23-37(42)38-24-19-29-11-3-5-13-33(29)45(38)47)32-22-26-44-43(28-32)48(41-25-21-30-12-4-6-14-34(30)46(41)49-44)39-17-9-7-15-35(39)36-16-8-10-18-40(36)48/h3-28H,1-2H3. The van der Waals surface area contributed by atoms with Crippen LogP contribution in [-0.2, 0) is 10.8 Å². The van der Waals surface area contributed by atoms with Crippen molar-refractivity contribution in [3.05, 3.63) is 191 Å². The average Bonchev–Trinajstić information content (AvgIpc) is 3.57.